The predicted molar refractivity (Wildman–Crippen MR) is 94.5 cm³/mol. The molecule has 3 rings (SSSR count). The minimum absolute atomic E-state index is 0.0783. The van der Waals surface area contributed by atoms with Crippen LogP contribution in [0.15, 0.2) is 59.8 Å². The number of aromatic nitrogens is 3. The van der Waals surface area contributed by atoms with Crippen LogP contribution in [0.3, 0.4) is 0 Å². The number of thioether (sulfide) groups is 1. The molecule has 3 aromatic rings. The molecule has 0 radical (unpaired) electrons. The van der Waals surface area contributed by atoms with Gasteiger partial charge in [0.25, 0.3) is 0 Å². The smallest absolute Gasteiger partial charge is 0.191 e. The maximum atomic E-state index is 12.2. The molecule has 0 saturated carbocycles. The van der Waals surface area contributed by atoms with Gasteiger partial charge in [-0.3, -0.25) is 4.79 Å². The van der Waals surface area contributed by atoms with Crippen LogP contribution in [0.5, 0.6) is 5.75 Å². The van der Waals surface area contributed by atoms with E-state index >= 15 is 0 Å². The fraction of sp³-hybridized carbons (Fsp3) is 0.167. The minimum atomic E-state index is 0.0783. The first-order valence-electron chi connectivity index (χ1n) is 7.44. The Morgan fingerprint density at radius 1 is 1.08 bits per heavy atom. The molecule has 5 nitrogen and oxygen atoms in total. The fourth-order valence-corrected chi connectivity index (χ4v) is 3.08. The third-order valence-electron chi connectivity index (χ3n) is 3.61. The highest BCUT2D eigenvalue weighted by molar-refractivity contribution is 7.99. The van der Waals surface area contributed by atoms with Crippen molar-refractivity contribution in [3.63, 3.8) is 0 Å². The van der Waals surface area contributed by atoms with Crippen molar-refractivity contribution < 1.29 is 9.53 Å². The van der Waals surface area contributed by atoms with E-state index in [0.29, 0.717) is 16.5 Å². The highest BCUT2D eigenvalue weighted by Gasteiger charge is 2.13. The number of hydrogen-bond donors (Lipinski definition) is 0. The number of Topliss-reactive ketones (excluding diaryl/α,β-unsaturated/α-hetero) is 1. The van der Waals surface area contributed by atoms with E-state index in [2.05, 4.69) is 10.2 Å². The van der Waals surface area contributed by atoms with Gasteiger partial charge in [0.1, 0.15) is 5.75 Å². The van der Waals surface area contributed by atoms with Crippen LogP contribution in [0.2, 0.25) is 0 Å². The predicted octanol–water partition coefficient (Wildman–Crippen LogP) is 3.47. The second-order valence-electron chi connectivity index (χ2n) is 5.17. The number of methoxy groups -OCH3 is 1. The fourth-order valence-electron chi connectivity index (χ4n) is 2.27. The molecule has 0 saturated heterocycles. The third kappa shape index (κ3) is 3.49. The van der Waals surface area contributed by atoms with E-state index in [-0.39, 0.29) is 5.78 Å². The van der Waals surface area contributed by atoms with Crippen molar-refractivity contribution in [2.24, 2.45) is 7.05 Å². The van der Waals surface area contributed by atoms with Crippen molar-refractivity contribution in [2.45, 2.75) is 5.16 Å². The molecule has 6 heteroatoms. The Labute approximate surface area is 144 Å². The van der Waals surface area contributed by atoms with Crippen LogP contribution in [-0.2, 0) is 7.05 Å². The number of ketones is 1. The van der Waals surface area contributed by atoms with Crippen molar-refractivity contribution in [1.29, 1.82) is 0 Å². The molecule has 0 N–H and O–H groups in total. The zero-order chi connectivity index (χ0) is 16.9. The van der Waals surface area contributed by atoms with Crippen molar-refractivity contribution in [2.75, 3.05) is 12.9 Å². The highest BCUT2D eigenvalue weighted by Crippen LogP contribution is 2.24. The standard InChI is InChI=1S/C18H17N3O2S/c1-21-17(14-8-10-15(23-2)11-9-14)19-20-18(21)24-12-16(22)13-6-4-3-5-7-13/h3-11H,12H2,1-2H3. The van der Waals surface area contributed by atoms with E-state index in [1.54, 1.807) is 7.11 Å². The van der Waals surface area contributed by atoms with Crippen LogP contribution in [0.25, 0.3) is 11.4 Å². The van der Waals surface area contributed by atoms with E-state index in [9.17, 15) is 4.79 Å². The summed E-state index contributed by atoms with van der Waals surface area (Å²) in [7, 11) is 3.53. The summed E-state index contributed by atoms with van der Waals surface area (Å²) in [4.78, 5) is 12.2. The minimum Gasteiger partial charge on any atom is -0.497 e. The molecule has 2 aromatic carbocycles. The molecular formula is C18H17N3O2S. The average molecular weight is 339 g/mol. The number of carbonyl (C=O) groups is 1. The Morgan fingerprint density at radius 2 is 1.79 bits per heavy atom. The van der Waals surface area contributed by atoms with Gasteiger partial charge in [0.2, 0.25) is 0 Å². The molecule has 122 valence electrons. The SMILES string of the molecule is COc1ccc(-c2nnc(SCC(=O)c3ccccc3)n2C)cc1. The Morgan fingerprint density at radius 3 is 2.46 bits per heavy atom. The molecule has 0 amide bonds. The van der Waals surface area contributed by atoms with E-state index in [0.717, 1.165) is 17.1 Å². The first kappa shape index (κ1) is 16.3. The third-order valence-corrected chi connectivity index (χ3v) is 4.63. The van der Waals surface area contributed by atoms with Gasteiger partial charge < -0.3 is 9.30 Å². The summed E-state index contributed by atoms with van der Waals surface area (Å²) < 4.78 is 7.06. The lowest BCUT2D eigenvalue weighted by Crippen LogP contribution is -2.03. The van der Waals surface area contributed by atoms with Crippen LogP contribution in [0, 0.1) is 0 Å². The summed E-state index contributed by atoms with van der Waals surface area (Å²) in [6, 6.07) is 16.9. The summed E-state index contributed by atoms with van der Waals surface area (Å²) in [5.41, 5.74) is 1.66. The zero-order valence-corrected chi connectivity index (χ0v) is 14.3. The monoisotopic (exact) mass is 339 g/mol. The van der Waals surface area contributed by atoms with E-state index in [4.69, 9.17) is 4.74 Å². The summed E-state index contributed by atoms with van der Waals surface area (Å²) in [5.74, 6) is 1.96. The quantitative estimate of drug-likeness (QED) is 0.508. The van der Waals surface area contributed by atoms with Crippen molar-refractivity contribution >= 4 is 17.5 Å². The second-order valence-corrected chi connectivity index (χ2v) is 6.11. The molecule has 0 unspecified atom stereocenters. The molecule has 1 heterocycles. The van der Waals surface area contributed by atoms with Crippen LogP contribution in [0.4, 0.5) is 0 Å². The lowest BCUT2D eigenvalue weighted by atomic mass is 10.2. The largest absolute Gasteiger partial charge is 0.497 e. The van der Waals surface area contributed by atoms with Gasteiger partial charge in [-0.1, -0.05) is 42.1 Å². The van der Waals surface area contributed by atoms with Crippen molar-refractivity contribution in [3.8, 4) is 17.1 Å². The lowest BCUT2D eigenvalue weighted by Gasteiger charge is -2.05. The zero-order valence-electron chi connectivity index (χ0n) is 13.5. The second kappa shape index (κ2) is 7.31. The topological polar surface area (TPSA) is 57.0 Å². The van der Waals surface area contributed by atoms with E-state index in [1.807, 2.05) is 66.2 Å². The summed E-state index contributed by atoms with van der Waals surface area (Å²) in [6.45, 7) is 0. The van der Waals surface area contributed by atoms with Gasteiger partial charge in [-0.15, -0.1) is 10.2 Å². The number of benzene rings is 2. The maximum absolute atomic E-state index is 12.2. The number of ether oxygens (including phenoxy) is 1. The molecule has 0 aliphatic carbocycles. The molecule has 24 heavy (non-hydrogen) atoms. The lowest BCUT2D eigenvalue weighted by molar-refractivity contribution is 0.102. The van der Waals surface area contributed by atoms with Gasteiger partial charge in [0.05, 0.1) is 12.9 Å². The Kier molecular flexibility index (Phi) is 4.96. The van der Waals surface area contributed by atoms with Gasteiger partial charge in [-0.05, 0) is 24.3 Å². The summed E-state index contributed by atoms with van der Waals surface area (Å²) in [5, 5.41) is 9.14. The Bertz CT molecular complexity index is 829. The van der Waals surface area contributed by atoms with Crippen molar-refractivity contribution in [1.82, 2.24) is 14.8 Å². The molecule has 1 aromatic heterocycles. The summed E-state index contributed by atoms with van der Waals surface area (Å²) >= 11 is 1.39. The van der Waals surface area contributed by atoms with Crippen LogP contribution < -0.4 is 4.74 Å². The molecule has 0 atom stereocenters. The van der Waals surface area contributed by atoms with E-state index < -0.39 is 0 Å². The first-order valence-corrected chi connectivity index (χ1v) is 8.42. The molecule has 0 fully saturated rings. The number of rotatable bonds is 6. The first-order chi connectivity index (χ1) is 11.7. The van der Waals surface area contributed by atoms with Crippen LogP contribution >= 0.6 is 11.8 Å². The molecule has 0 aliphatic heterocycles. The Hall–Kier alpha value is -2.60. The van der Waals surface area contributed by atoms with Gasteiger partial charge in [0.15, 0.2) is 16.8 Å². The van der Waals surface area contributed by atoms with Gasteiger partial charge >= 0.3 is 0 Å². The van der Waals surface area contributed by atoms with E-state index in [1.165, 1.54) is 11.8 Å². The Balaban J connectivity index is 1.71. The normalized spacial score (nSPS) is 10.6. The molecule has 0 aliphatic rings. The molecular weight excluding hydrogens is 322 g/mol. The van der Waals surface area contributed by atoms with Crippen molar-refractivity contribution in [3.05, 3.63) is 60.2 Å². The molecule has 0 bridgehead atoms. The maximum Gasteiger partial charge on any atom is 0.191 e. The van der Waals surface area contributed by atoms with Gasteiger partial charge in [-0.2, -0.15) is 0 Å². The van der Waals surface area contributed by atoms with Gasteiger partial charge in [0, 0.05) is 18.2 Å². The average Bonchev–Trinajstić information content (AvgIpc) is 3.01. The molecule has 0 spiro atoms. The van der Waals surface area contributed by atoms with Gasteiger partial charge in [-0.25, -0.2) is 0 Å². The number of nitrogens with zero attached hydrogens (tertiary/aromatic N) is 3. The number of carbonyl (C=O) groups excluding carboxylic acids is 1. The highest BCUT2D eigenvalue weighted by atomic mass is 32.2. The summed E-state index contributed by atoms with van der Waals surface area (Å²) in [6.07, 6.45) is 0. The van der Waals surface area contributed by atoms with Crippen LogP contribution in [-0.4, -0.2) is 33.4 Å². The van der Waals surface area contributed by atoms with Crippen LogP contribution in [0.1, 0.15) is 10.4 Å². The number of hydrogen-bond acceptors (Lipinski definition) is 5.